The molecule has 0 spiro atoms. The Hall–Kier alpha value is -1.63. The van der Waals surface area contributed by atoms with Gasteiger partial charge in [0.15, 0.2) is 0 Å². The van der Waals surface area contributed by atoms with Crippen LogP contribution in [0.3, 0.4) is 0 Å². The van der Waals surface area contributed by atoms with Crippen molar-refractivity contribution in [2.45, 2.75) is 50.0 Å². The van der Waals surface area contributed by atoms with E-state index in [9.17, 15) is 22.4 Å². The van der Waals surface area contributed by atoms with E-state index in [0.717, 1.165) is 25.7 Å². The molecule has 2 aliphatic rings. The van der Waals surface area contributed by atoms with E-state index < -0.39 is 29.0 Å². The van der Waals surface area contributed by atoms with Crippen molar-refractivity contribution in [1.29, 1.82) is 0 Å². The summed E-state index contributed by atoms with van der Waals surface area (Å²) in [4.78, 5) is 12.1. The van der Waals surface area contributed by atoms with Crippen LogP contribution in [0.4, 0.5) is 17.6 Å². The molecule has 0 aromatic heterocycles. The Kier molecular flexibility index (Phi) is 3.84. The largest absolute Gasteiger partial charge is 0.416 e. The van der Waals surface area contributed by atoms with Crippen molar-refractivity contribution in [3.05, 3.63) is 35.1 Å². The molecular formula is C15H16F4N2O. The third-order valence-electron chi connectivity index (χ3n) is 4.35. The maximum Gasteiger partial charge on any atom is 0.416 e. The number of alkyl halides is 3. The highest BCUT2D eigenvalue weighted by Crippen LogP contribution is 2.31. The molecule has 2 fully saturated rings. The average Bonchev–Trinajstić information content (AvgIpc) is 2.77. The lowest BCUT2D eigenvalue weighted by Gasteiger charge is -2.29. The third kappa shape index (κ3) is 3.09. The zero-order valence-corrected chi connectivity index (χ0v) is 11.7. The molecule has 22 heavy (non-hydrogen) atoms. The van der Waals surface area contributed by atoms with Crippen molar-refractivity contribution < 1.29 is 22.4 Å². The van der Waals surface area contributed by atoms with Gasteiger partial charge >= 0.3 is 6.18 Å². The smallest absolute Gasteiger partial charge is 0.349 e. The first-order chi connectivity index (χ1) is 10.3. The van der Waals surface area contributed by atoms with E-state index >= 15 is 0 Å². The number of halogens is 4. The van der Waals surface area contributed by atoms with Crippen molar-refractivity contribution in [3.8, 4) is 0 Å². The normalized spacial score (nSPS) is 27.7. The summed E-state index contributed by atoms with van der Waals surface area (Å²) in [6, 6.07) is 2.42. The predicted molar refractivity (Wildman–Crippen MR) is 71.8 cm³/mol. The van der Waals surface area contributed by atoms with Crippen LogP contribution in [-0.4, -0.2) is 24.0 Å². The monoisotopic (exact) mass is 316 g/mol. The fraction of sp³-hybridized carbons (Fsp3) is 0.533. The summed E-state index contributed by atoms with van der Waals surface area (Å²) in [6.07, 6.45) is -1.08. The number of carbonyl (C=O) groups is 1. The second-order valence-electron chi connectivity index (χ2n) is 5.97. The topological polar surface area (TPSA) is 41.1 Å². The first-order valence-corrected chi connectivity index (χ1v) is 7.26. The highest BCUT2D eigenvalue weighted by molar-refractivity contribution is 5.94. The van der Waals surface area contributed by atoms with Gasteiger partial charge in [-0.15, -0.1) is 0 Å². The summed E-state index contributed by atoms with van der Waals surface area (Å²) in [5.41, 5.74) is -1.58. The van der Waals surface area contributed by atoms with Crippen LogP contribution in [0.5, 0.6) is 0 Å². The molecule has 2 unspecified atom stereocenters. The number of amides is 1. The zero-order valence-electron chi connectivity index (χ0n) is 11.7. The molecule has 2 heterocycles. The molecule has 0 aliphatic carbocycles. The highest BCUT2D eigenvalue weighted by Gasteiger charge is 2.35. The quantitative estimate of drug-likeness (QED) is 0.824. The van der Waals surface area contributed by atoms with Crippen molar-refractivity contribution in [3.63, 3.8) is 0 Å². The predicted octanol–water partition coefficient (Wildman–Crippen LogP) is 2.86. The van der Waals surface area contributed by atoms with Crippen LogP contribution in [0.25, 0.3) is 0 Å². The summed E-state index contributed by atoms with van der Waals surface area (Å²) < 4.78 is 51.7. The Morgan fingerprint density at radius 1 is 1.18 bits per heavy atom. The van der Waals surface area contributed by atoms with Crippen molar-refractivity contribution >= 4 is 5.91 Å². The lowest BCUT2D eigenvalue weighted by Crippen LogP contribution is -2.48. The zero-order chi connectivity index (χ0) is 15.9. The van der Waals surface area contributed by atoms with E-state index in [4.69, 9.17) is 0 Å². The number of carbonyl (C=O) groups excluding carboxylic acids is 1. The van der Waals surface area contributed by atoms with E-state index in [1.807, 2.05) is 0 Å². The molecule has 0 radical (unpaired) electrons. The second-order valence-corrected chi connectivity index (χ2v) is 5.97. The number of hydrogen-bond donors (Lipinski definition) is 2. The van der Waals surface area contributed by atoms with E-state index in [-0.39, 0.29) is 6.04 Å². The maximum absolute atomic E-state index is 13.7. The standard InChI is InChI=1S/C15H16F4N2O/c16-13-4-1-8(15(17,18)19)5-12(13)14(22)21-11-6-9-2-3-10(7-11)20-9/h1,4-5,9-11,20H,2-3,6-7H2,(H,21,22). The van der Waals surface area contributed by atoms with Gasteiger partial charge in [-0.05, 0) is 43.9 Å². The molecule has 1 aromatic carbocycles. The Morgan fingerprint density at radius 2 is 1.82 bits per heavy atom. The molecule has 120 valence electrons. The maximum atomic E-state index is 13.7. The minimum Gasteiger partial charge on any atom is -0.349 e. The van der Waals surface area contributed by atoms with E-state index in [1.165, 1.54) is 0 Å². The van der Waals surface area contributed by atoms with Gasteiger partial charge in [-0.2, -0.15) is 13.2 Å². The lowest BCUT2D eigenvalue weighted by atomic mass is 9.99. The van der Waals surface area contributed by atoms with Crippen LogP contribution < -0.4 is 10.6 Å². The van der Waals surface area contributed by atoms with Crippen LogP contribution in [0.1, 0.15) is 41.6 Å². The first kappa shape index (κ1) is 15.3. The van der Waals surface area contributed by atoms with Gasteiger partial charge in [0.2, 0.25) is 0 Å². The molecule has 2 bridgehead atoms. The van der Waals surface area contributed by atoms with Gasteiger partial charge in [0.05, 0.1) is 11.1 Å². The SMILES string of the molecule is O=C(NC1CC2CCC(C1)N2)c1cc(C(F)(F)F)ccc1F. The van der Waals surface area contributed by atoms with E-state index in [2.05, 4.69) is 10.6 Å². The van der Waals surface area contributed by atoms with Gasteiger partial charge < -0.3 is 10.6 Å². The van der Waals surface area contributed by atoms with Crippen LogP contribution >= 0.6 is 0 Å². The van der Waals surface area contributed by atoms with Gasteiger partial charge in [-0.1, -0.05) is 0 Å². The Balaban J connectivity index is 1.74. The van der Waals surface area contributed by atoms with Crippen LogP contribution in [0, 0.1) is 5.82 Å². The molecule has 0 saturated carbocycles. The summed E-state index contributed by atoms with van der Waals surface area (Å²) >= 11 is 0. The van der Waals surface area contributed by atoms with E-state index in [1.54, 1.807) is 0 Å². The fourth-order valence-corrected chi connectivity index (χ4v) is 3.31. The summed E-state index contributed by atoms with van der Waals surface area (Å²) in [7, 11) is 0. The molecular weight excluding hydrogens is 300 g/mol. The Morgan fingerprint density at radius 3 is 2.41 bits per heavy atom. The molecule has 1 aromatic rings. The summed E-state index contributed by atoms with van der Waals surface area (Å²) in [5, 5.41) is 6.07. The minimum atomic E-state index is -4.60. The van der Waals surface area contributed by atoms with Crippen LogP contribution in [0.2, 0.25) is 0 Å². The lowest BCUT2D eigenvalue weighted by molar-refractivity contribution is -0.137. The summed E-state index contributed by atoms with van der Waals surface area (Å²) in [6.45, 7) is 0. The van der Waals surface area contributed by atoms with Gasteiger partial charge in [0, 0.05) is 18.1 Å². The van der Waals surface area contributed by atoms with Crippen molar-refractivity contribution in [2.75, 3.05) is 0 Å². The molecule has 3 rings (SSSR count). The number of rotatable bonds is 2. The number of fused-ring (bicyclic) bond motifs is 2. The molecule has 2 saturated heterocycles. The van der Waals surface area contributed by atoms with Crippen LogP contribution in [-0.2, 0) is 6.18 Å². The molecule has 7 heteroatoms. The Labute approximate surface area is 125 Å². The molecule has 1 amide bonds. The van der Waals surface area contributed by atoms with Gasteiger partial charge in [0.1, 0.15) is 5.82 Å². The molecule has 2 atom stereocenters. The van der Waals surface area contributed by atoms with Crippen molar-refractivity contribution in [2.24, 2.45) is 0 Å². The molecule has 2 N–H and O–H groups in total. The average molecular weight is 316 g/mol. The first-order valence-electron chi connectivity index (χ1n) is 7.26. The fourth-order valence-electron chi connectivity index (χ4n) is 3.31. The molecule has 2 aliphatic heterocycles. The highest BCUT2D eigenvalue weighted by atomic mass is 19.4. The van der Waals surface area contributed by atoms with Gasteiger partial charge in [-0.3, -0.25) is 4.79 Å². The van der Waals surface area contributed by atoms with Gasteiger partial charge in [-0.25, -0.2) is 4.39 Å². The Bertz CT molecular complexity index is 575. The van der Waals surface area contributed by atoms with Gasteiger partial charge in [0.25, 0.3) is 5.91 Å². The minimum absolute atomic E-state index is 0.125. The van der Waals surface area contributed by atoms with Crippen molar-refractivity contribution in [1.82, 2.24) is 10.6 Å². The number of hydrogen-bond acceptors (Lipinski definition) is 2. The number of benzene rings is 1. The number of piperidine rings is 1. The number of nitrogens with one attached hydrogen (secondary N) is 2. The second kappa shape index (κ2) is 5.53. The third-order valence-corrected chi connectivity index (χ3v) is 4.35. The van der Waals surface area contributed by atoms with Crippen LogP contribution in [0.15, 0.2) is 18.2 Å². The molecule has 3 nitrogen and oxygen atoms in total. The van der Waals surface area contributed by atoms with E-state index in [0.29, 0.717) is 30.3 Å². The summed E-state index contributed by atoms with van der Waals surface area (Å²) in [5.74, 6) is -1.72.